The van der Waals surface area contributed by atoms with Gasteiger partial charge < -0.3 is 10.5 Å². The van der Waals surface area contributed by atoms with Gasteiger partial charge in [-0.05, 0) is 37.0 Å². The normalized spacial score (nSPS) is 18.1. The molecule has 1 heterocycles. The van der Waals surface area contributed by atoms with Crippen molar-refractivity contribution in [2.45, 2.75) is 31.7 Å². The van der Waals surface area contributed by atoms with Crippen LogP contribution in [0, 0.1) is 0 Å². The fourth-order valence-electron chi connectivity index (χ4n) is 2.77. The van der Waals surface area contributed by atoms with Crippen LogP contribution in [-0.2, 0) is 12.8 Å². The quantitative estimate of drug-likeness (QED) is 0.887. The molecule has 1 aliphatic carbocycles. The first kappa shape index (κ1) is 12.2. The molecule has 4 nitrogen and oxygen atoms in total. The zero-order valence-electron chi connectivity index (χ0n) is 11.1. The maximum Gasteiger partial charge on any atom is 0.118 e. The molecule has 0 saturated heterocycles. The van der Waals surface area contributed by atoms with Crippen LogP contribution in [0.5, 0.6) is 5.75 Å². The van der Waals surface area contributed by atoms with Gasteiger partial charge in [-0.25, -0.2) is 0 Å². The Balaban J connectivity index is 1.85. The zero-order valence-corrected chi connectivity index (χ0v) is 11.1. The number of aromatic amines is 1. The lowest BCUT2D eigenvalue weighted by Gasteiger charge is -2.19. The third-order valence-electron chi connectivity index (χ3n) is 3.81. The van der Waals surface area contributed by atoms with Crippen LogP contribution in [0.1, 0.15) is 41.4 Å². The molecule has 0 aliphatic heterocycles. The molecule has 19 heavy (non-hydrogen) atoms. The van der Waals surface area contributed by atoms with Gasteiger partial charge in [-0.15, -0.1) is 0 Å². The molecule has 1 aliphatic rings. The second kappa shape index (κ2) is 5.05. The summed E-state index contributed by atoms with van der Waals surface area (Å²) in [5, 5.41) is 7.59. The summed E-state index contributed by atoms with van der Waals surface area (Å²) in [7, 11) is 1.68. The summed E-state index contributed by atoms with van der Waals surface area (Å²) in [6.07, 6.45) is 4.10. The highest BCUT2D eigenvalue weighted by Gasteiger charge is 2.23. The molecule has 0 bridgehead atoms. The predicted octanol–water partition coefficient (Wildman–Crippen LogP) is 2.35. The first-order valence-corrected chi connectivity index (χ1v) is 6.72. The molecular formula is C15H19N3O. The van der Waals surface area contributed by atoms with Crippen LogP contribution in [0.25, 0.3) is 0 Å². The molecular weight excluding hydrogens is 238 g/mol. The minimum absolute atomic E-state index is 0.135. The molecule has 0 spiro atoms. The number of fused-ring (bicyclic) bond motifs is 1. The van der Waals surface area contributed by atoms with Crippen molar-refractivity contribution in [2.75, 3.05) is 7.11 Å². The number of nitrogens with zero attached hydrogens (tertiary/aromatic N) is 1. The third kappa shape index (κ3) is 2.36. The van der Waals surface area contributed by atoms with E-state index in [0.29, 0.717) is 0 Å². The first-order chi connectivity index (χ1) is 9.28. The van der Waals surface area contributed by atoms with Gasteiger partial charge in [-0.3, -0.25) is 5.10 Å². The number of methoxy groups -OCH3 is 1. The number of aromatic nitrogens is 2. The van der Waals surface area contributed by atoms with Gasteiger partial charge >= 0.3 is 0 Å². The summed E-state index contributed by atoms with van der Waals surface area (Å²) >= 11 is 0. The molecule has 0 saturated carbocycles. The van der Waals surface area contributed by atoms with Crippen molar-refractivity contribution >= 4 is 0 Å². The third-order valence-corrected chi connectivity index (χ3v) is 3.81. The Labute approximate surface area is 113 Å². The van der Waals surface area contributed by atoms with Crippen molar-refractivity contribution in [1.29, 1.82) is 0 Å². The van der Waals surface area contributed by atoms with Crippen molar-refractivity contribution in [3.05, 3.63) is 46.8 Å². The largest absolute Gasteiger partial charge is 0.497 e. The SMILES string of the molecule is COc1ccc(Cc2n[nH]c3c2C(N)CCC3)cc1. The fourth-order valence-corrected chi connectivity index (χ4v) is 2.77. The number of nitrogens with two attached hydrogens (primary N) is 1. The van der Waals surface area contributed by atoms with Crippen LogP contribution >= 0.6 is 0 Å². The Morgan fingerprint density at radius 3 is 2.89 bits per heavy atom. The molecule has 4 heteroatoms. The summed E-state index contributed by atoms with van der Waals surface area (Å²) in [6.45, 7) is 0. The van der Waals surface area contributed by atoms with Gasteiger partial charge in [0.15, 0.2) is 0 Å². The summed E-state index contributed by atoms with van der Waals surface area (Å²) < 4.78 is 5.17. The summed E-state index contributed by atoms with van der Waals surface area (Å²) in [5.41, 5.74) is 11.0. The van der Waals surface area contributed by atoms with Gasteiger partial charge in [0.2, 0.25) is 0 Å². The standard InChI is InChI=1S/C15H19N3O/c1-19-11-7-5-10(6-8-11)9-14-15-12(16)3-2-4-13(15)17-18-14/h5-8,12H,2-4,9,16H2,1H3,(H,17,18). The first-order valence-electron chi connectivity index (χ1n) is 6.72. The van der Waals surface area contributed by atoms with E-state index < -0.39 is 0 Å². The van der Waals surface area contributed by atoms with E-state index in [0.717, 1.165) is 37.1 Å². The van der Waals surface area contributed by atoms with Crippen LogP contribution in [0.15, 0.2) is 24.3 Å². The lowest BCUT2D eigenvalue weighted by molar-refractivity contribution is 0.414. The number of H-pyrrole nitrogens is 1. The van der Waals surface area contributed by atoms with Gasteiger partial charge in [0, 0.05) is 23.7 Å². The maximum absolute atomic E-state index is 6.21. The van der Waals surface area contributed by atoms with E-state index in [-0.39, 0.29) is 6.04 Å². The van der Waals surface area contributed by atoms with Gasteiger partial charge in [-0.2, -0.15) is 5.10 Å². The number of benzene rings is 1. The van der Waals surface area contributed by atoms with Gasteiger partial charge in [0.1, 0.15) is 5.75 Å². The molecule has 0 radical (unpaired) electrons. The Morgan fingerprint density at radius 2 is 2.16 bits per heavy atom. The van der Waals surface area contributed by atoms with Crippen molar-refractivity contribution in [1.82, 2.24) is 10.2 Å². The molecule has 0 amide bonds. The Bertz CT molecular complexity index is 559. The minimum Gasteiger partial charge on any atom is -0.497 e. The molecule has 1 aromatic heterocycles. The highest BCUT2D eigenvalue weighted by molar-refractivity contribution is 5.36. The van der Waals surface area contributed by atoms with Crippen LogP contribution in [0.4, 0.5) is 0 Å². The van der Waals surface area contributed by atoms with Crippen LogP contribution < -0.4 is 10.5 Å². The average Bonchev–Trinajstić information content (AvgIpc) is 2.84. The number of ether oxygens (including phenoxy) is 1. The number of rotatable bonds is 3. The lowest BCUT2D eigenvalue weighted by atomic mass is 9.90. The van der Waals surface area contributed by atoms with Crippen molar-refractivity contribution in [3.63, 3.8) is 0 Å². The van der Waals surface area contributed by atoms with Crippen LogP contribution in [-0.4, -0.2) is 17.3 Å². The van der Waals surface area contributed by atoms with E-state index in [1.165, 1.54) is 16.8 Å². The Hall–Kier alpha value is -1.81. The second-order valence-corrected chi connectivity index (χ2v) is 5.09. The number of nitrogens with one attached hydrogen (secondary N) is 1. The lowest BCUT2D eigenvalue weighted by Crippen LogP contribution is -2.17. The van der Waals surface area contributed by atoms with Crippen LogP contribution in [0.3, 0.4) is 0 Å². The summed E-state index contributed by atoms with van der Waals surface area (Å²) in [6, 6.07) is 8.25. The zero-order chi connectivity index (χ0) is 13.2. The van der Waals surface area contributed by atoms with Crippen molar-refractivity contribution in [2.24, 2.45) is 5.73 Å². The maximum atomic E-state index is 6.21. The van der Waals surface area contributed by atoms with E-state index in [4.69, 9.17) is 10.5 Å². The van der Waals surface area contributed by atoms with Gasteiger partial charge in [-0.1, -0.05) is 12.1 Å². The molecule has 1 unspecified atom stereocenters. The smallest absolute Gasteiger partial charge is 0.118 e. The van der Waals surface area contributed by atoms with E-state index in [1.54, 1.807) is 7.11 Å². The van der Waals surface area contributed by atoms with Crippen LogP contribution in [0.2, 0.25) is 0 Å². The molecule has 3 rings (SSSR count). The number of aryl methyl sites for hydroxylation is 1. The highest BCUT2D eigenvalue weighted by atomic mass is 16.5. The summed E-state index contributed by atoms with van der Waals surface area (Å²) in [4.78, 5) is 0. The van der Waals surface area contributed by atoms with Gasteiger partial charge in [0.25, 0.3) is 0 Å². The van der Waals surface area contributed by atoms with Crippen molar-refractivity contribution < 1.29 is 4.74 Å². The van der Waals surface area contributed by atoms with E-state index >= 15 is 0 Å². The fraction of sp³-hybridized carbons (Fsp3) is 0.400. The van der Waals surface area contributed by atoms with E-state index in [1.807, 2.05) is 12.1 Å². The Kier molecular flexibility index (Phi) is 3.25. The molecule has 2 aromatic rings. The van der Waals surface area contributed by atoms with E-state index in [9.17, 15) is 0 Å². The van der Waals surface area contributed by atoms with E-state index in [2.05, 4.69) is 22.3 Å². The minimum atomic E-state index is 0.135. The molecule has 100 valence electrons. The monoisotopic (exact) mass is 257 g/mol. The van der Waals surface area contributed by atoms with Crippen molar-refractivity contribution in [3.8, 4) is 5.75 Å². The average molecular weight is 257 g/mol. The molecule has 1 atom stereocenters. The number of hydrogen-bond acceptors (Lipinski definition) is 3. The topological polar surface area (TPSA) is 63.9 Å². The molecule has 0 fully saturated rings. The highest BCUT2D eigenvalue weighted by Crippen LogP contribution is 2.30. The molecule has 3 N–H and O–H groups in total. The second-order valence-electron chi connectivity index (χ2n) is 5.09. The molecule has 1 aromatic carbocycles. The predicted molar refractivity (Wildman–Crippen MR) is 74.3 cm³/mol. The van der Waals surface area contributed by atoms with Gasteiger partial charge in [0.05, 0.1) is 12.8 Å². The summed E-state index contributed by atoms with van der Waals surface area (Å²) in [5.74, 6) is 0.879. The number of hydrogen-bond donors (Lipinski definition) is 2. The Morgan fingerprint density at radius 1 is 1.37 bits per heavy atom.